The molecule has 3 aliphatic heterocycles. The van der Waals surface area contributed by atoms with Gasteiger partial charge in [0.15, 0.2) is 0 Å². The van der Waals surface area contributed by atoms with Crippen LogP contribution >= 0.6 is 11.3 Å². The quantitative estimate of drug-likeness (QED) is 0.148. The van der Waals surface area contributed by atoms with Gasteiger partial charge in [0.2, 0.25) is 0 Å². The molecule has 0 bridgehead atoms. The molecule has 0 saturated carbocycles. The van der Waals surface area contributed by atoms with Crippen molar-refractivity contribution in [3.63, 3.8) is 0 Å². The molecule has 0 N–H and O–H groups in total. The van der Waals surface area contributed by atoms with E-state index in [9.17, 15) is 0 Å². The van der Waals surface area contributed by atoms with E-state index in [0.29, 0.717) is 0 Å². The van der Waals surface area contributed by atoms with E-state index in [0.717, 1.165) is 61.6 Å². The fourth-order valence-electron chi connectivity index (χ4n) is 15.1. The summed E-state index contributed by atoms with van der Waals surface area (Å²) in [4.78, 5) is 7.71. The van der Waals surface area contributed by atoms with Gasteiger partial charge in [-0.3, -0.25) is 0 Å². The van der Waals surface area contributed by atoms with E-state index >= 15 is 0 Å². The van der Waals surface area contributed by atoms with Crippen molar-refractivity contribution in [2.45, 2.75) is 72.4 Å². The number of hydrogen-bond acceptors (Lipinski definition) is 5. The van der Waals surface area contributed by atoms with Crippen molar-refractivity contribution in [2.75, 3.05) is 14.7 Å². The van der Waals surface area contributed by atoms with Crippen molar-refractivity contribution in [2.24, 2.45) is 0 Å². The molecular weight excluding hydrogens is 1130 g/mol. The van der Waals surface area contributed by atoms with E-state index in [-0.39, 0.29) is 17.5 Å². The van der Waals surface area contributed by atoms with Crippen LogP contribution in [0.15, 0.2) is 253 Å². The van der Waals surface area contributed by atoms with E-state index < -0.39 is 8.07 Å². The summed E-state index contributed by atoms with van der Waals surface area (Å²) in [5.74, 6) is 0. The zero-order valence-electron chi connectivity index (χ0n) is 52.4. The third kappa shape index (κ3) is 8.53. The normalized spacial score (nSPS) is 13.9. The minimum Gasteiger partial charge on any atom is -0.456 e. The van der Waals surface area contributed by atoms with Gasteiger partial charge in [-0.15, -0.1) is 11.3 Å². The maximum atomic E-state index is 6.70. The lowest BCUT2D eigenvalue weighted by Crippen LogP contribution is -2.61. The van der Waals surface area contributed by atoms with Crippen LogP contribution in [0.3, 0.4) is 0 Å². The third-order valence-electron chi connectivity index (χ3n) is 19.8. The van der Waals surface area contributed by atoms with Crippen molar-refractivity contribution in [3.8, 4) is 33.4 Å². The van der Waals surface area contributed by atoms with E-state index in [2.05, 4.69) is 325 Å². The number of rotatable bonds is 7. The molecule has 3 aliphatic rings. The number of nitrogens with zero attached hydrogens (tertiary/aromatic N) is 3. The molecule has 0 saturated heterocycles. The highest BCUT2D eigenvalue weighted by molar-refractivity contribution is 7.26. The number of hydrogen-bond donors (Lipinski definition) is 0. The van der Waals surface area contributed by atoms with Crippen LogP contribution in [0.5, 0.6) is 0 Å². The predicted octanol–water partition coefficient (Wildman–Crippen LogP) is 20.5. The first-order valence-corrected chi connectivity index (χ1v) is 35.6. The lowest BCUT2D eigenvalue weighted by molar-refractivity contribution is 0.590. The standard InChI is InChI=1S/C83H68BN3OSSi/c1-51-24-40-77-66(42-51)67-49-70-72(50-78(67)89-77)87(59-32-28-57(29-33-59)83(5,6)7)74-45-55(53-20-14-11-15-21-53)44-73-81(74)84(70)69-37-34-62(48-71(69)86(73)58-30-26-56(27-31-58)82(2,3)4)85(61-36-41-80-68(47-61)63-22-16-17-23-79(63)90(80,8)9)60-35-39-76-65(46-60)64-43-54(25-38-75(64)88-76)52-18-12-10-13-19-52/h10-50H,1-9H3. The Morgan fingerprint density at radius 3 is 1.61 bits per heavy atom. The lowest BCUT2D eigenvalue weighted by atomic mass is 9.33. The van der Waals surface area contributed by atoms with E-state index in [1.165, 1.54) is 109 Å². The van der Waals surface area contributed by atoms with Crippen molar-refractivity contribution < 1.29 is 4.42 Å². The highest BCUT2D eigenvalue weighted by Crippen LogP contribution is 2.51. The zero-order chi connectivity index (χ0) is 61.1. The lowest BCUT2D eigenvalue weighted by Gasteiger charge is -2.45. The van der Waals surface area contributed by atoms with Crippen molar-refractivity contribution >= 4 is 146 Å². The van der Waals surface area contributed by atoms with Crippen molar-refractivity contribution in [1.29, 1.82) is 0 Å². The van der Waals surface area contributed by atoms with E-state index in [4.69, 9.17) is 4.42 Å². The first-order chi connectivity index (χ1) is 43.5. The Kier molecular flexibility index (Phi) is 12.1. The number of fused-ring (bicyclic) bond motifs is 13. The van der Waals surface area contributed by atoms with Gasteiger partial charge in [0.25, 0.3) is 6.71 Å². The summed E-state index contributed by atoms with van der Waals surface area (Å²) in [7, 11) is -1.98. The van der Waals surface area contributed by atoms with Crippen molar-refractivity contribution in [1.82, 2.24) is 0 Å². The van der Waals surface area contributed by atoms with E-state index in [1.54, 1.807) is 0 Å². The third-order valence-corrected chi connectivity index (χ3v) is 24.5. The highest BCUT2D eigenvalue weighted by Gasteiger charge is 2.45. The Bertz CT molecular complexity index is 5260. The summed E-state index contributed by atoms with van der Waals surface area (Å²) in [6.45, 7) is 21.0. The van der Waals surface area contributed by atoms with Crippen LogP contribution in [-0.4, -0.2) is 14.8 Å². The van der Waals surface area contributed by atoms with Gasteiger partial charge < -0.3 is 19.1 Å². The summed E-state index contributed by atoms with van der Waals surface area (Å²) in [5.41, 5.74) is 27.0. The van der Waals surface area contributed by atoms with Crippen LogP contribution in [0, 0.1) is 6.92 Å². The highest BCUT2D eigenvalue weighted by atomic mass is 32.1. The van der Waals surface area contributed by atoms with Crippen LogP contribution in [-0.2, 0) is 10.8 Å². The SMILES string of the molecule is Cc1ccc2sc3cc4c(cc3c2c1)B1c2ccc(N(c3ccc5c(c3)-c3ccccc3[Si]5(C)C)c3ccc5oc6ccc(-c7ccccc7)cc6c5c3)cc2N(c2ccc(C(C)(C)C)cc2)c2cc(-c3ccccc3)cc(c21)N4c1ccc(C(C)(C)C)cc1. The van der Waals surface area contributed by atoms with Gasteiger partial charge >= 0.3 is 0 Å². The van der Waals surface area contributed by atoms with Crippen LogP contribution < -0.4 is 41.5 Å². The van der Waals surface area contributed by atoms with Gasteiger partial charge in [0.1, 0.15) is 19.2 Å². The summed E-state index contributed by atoms with van der Waals surface area (Å²) >= 11 is 1.90. The van der Waals surface area contributed by atoms with Gasteiger partial charge in [0, 0.05) is 76.7 Å². The average Bonchev–Trinajstić information content (AvgIpc) is 0.707. The fourth-order valence-corrected chi connectivity index (χ4v) is 19.3. The molecule has 0 radical (unpaired) electrons. The summed E-state index contributed by atoms with van der Waals surface area (Å²) in [5, 5.41) is 7.77. The van der Waals surface area contributed by atoms with Gasteiger partial charge in [-0.1, -0.05) is 200 Å². The number of furan rings is 1. The molecule has 5 heterocycles. The monoisotopic (exact) mass is 1190 g/mol. The molecule has 7 heteroatoms. The second kappa shape index (κ2) is 19.9. The second-order valence-electron chi connectivity index (χ2n) is 27.8. The Hall–Kier alpha value is -9.66. The molecular formula is C83H68BN3OSSi. The molecule has 17 rings (SSSR count). The van der Waals surface area contributed by atoms with Gasteiger partial charge in [-0.05, 0) is 204 Å². The molecule has 0 fully saturated rings. The molecule has 2 aromatic heterocycles. The molecule has 90 heavy (non-hydrogen) atoms. The Morgan fingerprint density at radius 2 is 0.944 bits per heavy atom. The number of thiophene rings is 1. The zero-order valence-corrected chi connectivity index (χ0v) is 54.2. The molecule has 14 aromatic rings. The van der Waals surface area contributed by atoms with Crippen LogP contribution in [0.25, 0.3) is 75.5 Å². The minimum absolute atomic E-state index is 0.00419. The molecule has 0 amide bonds. The molecule has 0 atom stereocenters. The van der Waals surface area contributed by atoms with Crippen LogP contribution in [0.2, 0.25) is 13.1 Å². The van der Waals surface area contributed by atoms with Gasteiger partial charge in [-0.25, -0.2) is 0 Å². The Balaban J connectivity index is 0.954. The van der Waals surface area contributed by atoms with Crippen LogP contribution in [0.1, 0.15) is 58.2 Å². The van der Waals surface area contributed by atoms with Gasteiger partial charge in [0.05, 0.1) is 0 Å². The summed E-state index contributed by atoms with van der Waals surface area (Å²) in [6.07, 6.45) is 0. The second-order valence-corrected chi connectivity index (χ2v) is 33.3. The minimum atomic E-state index is -1.98. The number of anilines is 9. The first kappa shape index (κ1) is 54.5. The number of aryl methyl sites for hydroxylation is 1. The van der Waals surface area contributed by atoms with Crippen LogP contribution in [0.4, 0.5) is 51.2 Å². The molecule has 0 spiro atoms. The smallest absolute Gasteiger partial charge is 0.252 e. The average molecular weight is 1190 g/mol. The molecule has 434 valence electrons. The Labute approximate surface area is 533 Å². The number of benzene rings is 12. The van der Waals surface area contributed by atoms with Gasteiger partial charge in [-0.2, -0.15) is 0 Å². The Morgan fingerprint density at radius 1 is 0.400 bits per heavy atom. The maximum Gasteiger partial charge on any atom is 0.252 e. The maximum absolute atomic E-state index is 6.70. The molecule has 0 aliphatic carbocycles. The summed E-state index contributed by atoms with van der Waals surface area (Å²) in [6, 6.07) is 94.8. The molecule has 4 nitrogen and oxygen atoms in total. The molecule has 0 unspecified atom stereocenters. The summed E-state index contributed by atoms with van der Waals surface area (Å²) < 4.78 is 9.30. The fraction of sp³-hybridized carbons (Fsp3) is 0.133. The topological polar surface area (TPSA) is 22.9 Å². The largest absolute Gasteiger partial charge is 0.456 e. The first-order valence-electron chi connectivity index (χ1n) is 31.7. The van der Waals surface area contributed by atoms with Crippen molar-refractivity contribution in [3.05, 3.63) is 265 Å². The predicted molar refractivity (Wildman–Crippen MR) is 391 cm³/mol. The van der Waals surface area contributed by atoms with E-state index in [1.807, 2.05) is 11.3 Å². The molecule has 12 aromatic carbocycles.